The first-order valence-electron chi connectivity index (χ1n) is 8.11. The van der Waals surface area contributed by atoms with Crippen molar-refractivity contribution in [1.82, 2.24) is 4.90 Å². The highest BCUT2D eigenvalue weighted by molar-refractivity contribution is 7.98. The van der Waals surface area contributed by atoms with Crippen LogP contribution < -0.4 is 0 Å². The van der Waals surface area contributed by atoms with E-state index in [4.69, 9.17) is 4.74 Å². The Hall–Kier alpha value is -1.99. The van der Waals surface area contributed by atoms with Crippen molar-refractivity contribution in [1.29, 1.82) is 0 Å². The highest BCUT2D eigenvalue weighted by atomic mass is 32.2. The third kappa shape index (κ3) is 4.04. The quantitative estimate of drug-likeness (QED) is 0.726. The van der Waals surface area contributed by atoms with Crippen molar-refractivity contribution in [2.45, 2.75) is 17.2 Å². The van der Waals surface area contributed by atoms with Gasteiger partial charge in [0.2, 0.25) is 0 Å². The smallest absolute Gasteiger partial charge is 0.370 e. The number of benzene rings is 2. The van der Waals surface area contributed by atoms with E-state index in [2.05, 4.69) is 0 Å². The summed E-state index contributed by atoms with van der Waals surface area (Å²) in [6.07, 6.45) is -2.89. The Morgan fingerprint density at radius 1 is 1.15 bits per heavy atom. The van der Waals surface area contributed by atoms with Gasteiger partial charge in [0.05, 0.1) is 24.3 Å². The van der Waals surface area contributed by atoms with Gasteiger partial charge in [0.1, 0.15) is 6.10 Å². The Kier molecular flexibility index (Phi) is 5.58. The molecule has 1 fully saturated rings. The van der Waals surface area contributed by atoms with E-state index in [-0.39, 0.29) is 5.91 Å². The van der Waals surface area contributed by atoms with Gasteiger partial charge in [-0.1, -0.05) is 24.3 Å². The minimum absolute atomic E-state index is 0.0878. The molecule has 1 atom stereocenters. The maximum Gasteiger partial charge on any atom is 0.416 e. The molecule has 0 N–H and O–H groups in total. The van der Waals surface area contributed by atoms with Gasteiger partial charge < -0.3 is 9.64 Å². The van der Waals surface area contributed by atoms with E-state index in [1.807, 2.05) is 24.5 Å². The first-order valence-corrected chi connectivity index (χ1v) is 9.33. The summed E-state index contributed by atoms with van der Waals surface area (Å²) in [5.41, 5.74) is 0.570. The number of carbonyl (C=O) groups excluding carboxylic acids is 1. The molecule has 0 bridgehead atoms. The normalized spacial score (nSPS) is 18.0. The van der Waals surface area contributed by atoms with Crippen LogP contribution in [-0.4, -0.2) is 36.8 Å². The molecule has 2 aromatic rings. The molecule has 1 heterocycles. The van der Waals surface area contributed by atoms with Gasteiger partial charge in [-0.05, 0) is 36.1 Å². The summed E-state index contributed by atoms with van der Waals surface area (Å²) in [5.74, 6) is -0.0878. The summed E-state index contributed by atoms with van der Waals surface area (Å²) in [5, 5.41) is 0. The van der Waals surface area contributed by atoms with Gasteiger partial charge >= 0.3 is 6.18 Å². The Bertz CT molecular complexity index is 777. The van der Waals surface area contributed by atoms with Crippen LogP contribution in [0.2, 0.25) is 0 Å². The van der Waals surface area contributed by atoms with E-state index in [0.29, 0.717) is 30.8 Å². The zero-order chi connectivity index (χ0) is 18.7. The van der Waals surface area contributed by atoms with Crippen molar-refractivity contribution in [3.8, 4) is 0 Å². The molecule has 0 radical (unpaired) electrons. The minimum atomic E-state index is -4.37. The number of rotatable bonds is 3. The molecule has 1 aliphatic heterocycles. The van der Waals surface area contributed by atoms with Crippen molar-refractivity contribution in [3.63, 3.8) is 0 Å². The van der Waals surface area contributed by atoms with Crippen molar-refractivity contribution in [2.75, 3.05) is 26.0 Å². The molecule has 0 saturated carbocycles. The number of nitrogens with zero attached hydrogens (tertiary/aromatic N) is 1. The van der Waals surface area contributed by atoms with Gasteiger partial charge in [-0.25, -0.2) is 0 Å². The number of hydrogen-bond donors (Lipinski definition) is 0. The number of amides is 1. The summed E-state index contributed by atoms with van der Waals surface area (Å²) in [6, 6.07) is 12.3. The monoisotopic (exact) mass is 381 g/mol. The minimum Gasteiger partial charge on any atom is -0.370 e. The average Bonchev–Trinajstić information content (AvgIpc) is 2.67. The molecule has 1 amide bonds. The molecule has 0 aromatic heterocycles. The average molecular weight is 381 g/mol. The molecular weight excluding hydrogens is 363 g/mol. The van der Waals surface area contributed by atoms with Crippen LogP contribution in [0.5, 0.6) is 0 Å². The fourth-order valence-electron chi connectivity index (χ4n) is 2.91. The standard InChI is InChI=1S/C19H18F3NO2S/c1-26-17-5-3-2-4-15(17)18(24)23-10-11-25-16(12-23)13-6-8-14(9-7-13)19(20,21)22/h2-9,16H,10-12H2,1H3/t16-/m1/s1. The van der Waals surface area contributed by atoms with E-state index in [0.717, 1.165) is 17.0 Å². The number of morpholine rings is 1. The van der Waals surface area contributed by atoms with Crippen LogP contribution >= 0.6 is 11.8 Å². The summed E-state index contributed by atoms with van der Waals surface area (Å²) in [7, 11) is 0. The molecule has 0 aliphatic carbocycles. The molecule has 138 valence electrons. The lowest BCUT2D eigenvalue weighted by molar-refractivity contribution is -0.137. The largest absolute Gasteiger partial charge is 0.416 e. The highest BCUT2D eigenvalue weighted by Crippen LogP contribution is 2.31. The lowest BCUT2D eigenvalue weighted by Gasteiger charge is -2.33. The molecule has 0 spiro atoms. The maximum atomic E-state index is 12.9. The molecule has 26 heavy (non-hydrogen) atoms. The van der Waals surface area contributed by atoms with E-state index in [1.165, 1.54) is 23.9 Å². The first-order chi connectivity index (χ1) is 12.4. The lowest BCUT2D eigenvalue weighted by atomic mass is 10.0. The second-order valence-corrected chi connectivity index (χ2v) is 6.78. The number of carbonyl (C=O) groups is 1. The van der Waals surface area contributed by atoms with Gasteiger partial charge in [-0.2, -0.15) is 13.2 Å². The second kappa shape index (κ2) is 7.72. The molecule has 7 heteroatoms. The highest BCUT2D eigenvalue weighted by Gasteiger charge is 2.31. The van der Waals surface area contributed by atoms with Crippen LogP contribution in [0.4, 0.5) is 13.2 Å². The number of ether oxygens (including phenoxy) is 1. The van der Waals surface area contributed by atoms with Crippen LogP contribution in [0.3, 0.4) is 0 Å². The SMILES string of the molecule is CSc1ccccc1C(=O)N1CCO[C@@H](c2ccc(C(F)(F)F)cc2)C1. The van der Waals surface area contributed by atoms with E-state index < -0.39 is 17.8 Å². The van der Waals surface area contributed by atoms with Gasteiger partial charge in [0, 0.05) is 11.4 Å². The van der Waals surface area contributed by atoms with Crippen molar-refractivity contribution >= 4 is 17.7 Å². The fourth-order valence-corrected chi connectivity index (χ4v) is 3.50. The molecule has 1 aliphatic rings. The Morgan fingerprint density at radius 2 is 1.85 bits per heavy atom. The number of halogens is 3. The van der Waals surface area contributed by atoms with Crippen LogP contribution in [0.15, 0.2) is 53.4 Å². The molecule has 0 unspecified atom stereocenters. The fraction of sp³-hybridized carbons (Fsp3) is 0.316. The van der Waals surface area contributed by atoms with Gasteiger partial charge in [-0.3, -0.25) is 4.79 Å². The third-order valence-corrected chi connectivity index (χ3v) is 5.10. The van der Waals surface area contributed by atoms with Gasteiger partial charge in [0.25, 0.3) is 5.91 Å². The summed E-state index contributed by atoms with van der Waals surface area (Å²) in [4.78, 5) is 15.4. The molecule has 3 nitrogen and oxygen atoms in total. The molecule has 3 rings (SSSR count). The van der Waals surface area contributed by atoms with Crippen LogP contribution in [0.1, 0.15) is 27.6 Å². The Labute approximate surface area is 154 Å². The van der Waals surface area contributed by atoms with Crippen molar-refractivity contribution in [3.05, 3.63) is 65.2 Å². The van der Waals surface area contributed by atoms with Crippen LogP contribution in [-0.2, 0) is 10.9 Å². The summed E-state index contributed by atoms with van der Waals surface area (Å²) < 4.78 is 43.8. The van der Waals surface area contributed by atoms with Crippen molar-refractivity contribution in [2.24, 2.45) is 0 Å². The van der Waals surface area contributed by atoms with Crippen LogP contribution in [0, 0.1) is 0 Å². The number of thioether (sulfide) groups is 1. The molecular formula is C19H18F3NO2S. The van der Waals surface area contributed by atoms with Gasteiger partial charge in [-0.15, -0.1) is 11.8 Å². The first kappa shape index (κ1) is 18.8. The zero-order valence-electron chi connectivity index (χ0n) is 14.1. The summed E-state index contributed by atoms with van der Waals surface area (Å²) >= 11 is 1.50. The number of hydrogen-bond acceptors (Lipinski definition) is 3. The second-order valence-electron chi connectivity index (χ2n) is 5.93. The van der Waals surface area contributed by atoms with Crippen molar-refractivity contribution < 1.29 is 22.7 Å². The summed E-state index contributed by atoms with van der Waals surface area (Å²) in [6.45, 7) is 1.12. The molecule has 2 aromatic carbocycles. The molecule has 1 saturated heterocycles. The number of alkyl halides is 3. The Balaban J connectivity index is 1.76. The van der Waals surface area contributed by atoms with Crippen LogP contribution in [0.25, 0.3) is 0 Å². The van der Waals surface area contributed by atoms with E-state index in [9.17, 15) is 18.0 Å². The lowest BCUT2D eigenvalue weighted by Crippen LogP contribution is -2.42. The van der Waals surface area contributed by atoms with E-state index in [1.54, 1.807) is 11.0 Å². The van der Waals surface area contributed by atoms with E-state index >= 15 is 0 Å². The maximum absolute atomic E-state index is 12.9. The van der Waals surface area contributed by atoms with Gasteiger partial charge in [0.15, 0.2) is 0 Å². The zero-order valence-corrected chi connectivity index (χ0v) is 14.9. The predicted octanol–water partition coefficient (Wildman–Crippen LogP) is 4.64. The topological polar surface area (TPSA) is 29.5 Å². The third-order valence-electron chi connectivity index (χ3n) is 4.30. The Morgan fingerprint density at radius 3 is 2.50 bits per heavy atom. The predicted molar refractivity (Wildman–Crippen MR) is 94.3 cm³/mol.